The maximum absolute atomic E-state index is 12.1. The molecule has 0 bridgehead atoms. The van der Waals surface area contributed by atoms with Crippen molar-refractivity contribution in [1.82, 2.24) is 5.32 Å². The van der Waals surface area contributed by atoms with Crippen LogP contribution in [0.1, 0.15) is 19.8 Å². The minimum Gasteiger partial charge on any atom is -0.396 e. The number of nitro groups is 1. The lowest BCUT2D eigenvalue weighted by Crippen LogP contribution is -2.37. The number of unbranched alkanes of at least 4 members (excludes halogenated alkanes) is 1. The van der Waals surface area contributed by atoms with Crippen molar-refractivity contribution in [3.8, 4) is 0 Å². The Balaban J connectivity index is 1.98. The Bertz CT molecular complexity index is 889. The van der Waals surface area contributed by atoms with E-state index in [0.29, 0.717) is 30.9 Å². The molecule has 2 aromatic carbocycles. The maximum atomic E-state index is 12.1. The summed E-state index contributed by atoms with van der Waals surface area (Å²) in [4.78, 5) is 24.2. The molecule has 30 heavy (non-hydrogen) atoms. The number of likely N-dealkylation sites (N-methyl/N-ethyl adjacent to an activating group) is 1. The Hall–Kier alpha value is -3.04. The second kappa shape index (κ2) is 11.8. The van der Waals surface area contributed by atoms with Crippen LogP contribution in [0.2, 0.25) is 5.02 Å². The van der Waals surface area contributed by atoms with Crippen LogP contribution in [0.15, 0.2) is 52.7 Å². The van der Waals surface area contributed by atoms with Crippen LogP contribution in [-0.2, 0) is 4.79 Å². The van der Waals surface area contributed by atoms with Crippen LogP contribution in [0.25, 0.3) is 0 Å². The Morgan fingerprint density at radius 3 is 2.53 bits per heavy atom. The van der Waals surface area contributed by atoms with Crippen LogP contribution < -0.4 is 10.2 Å². The van der Waals surface area contributed by atoms with Gasteiger partial charge in [-0.15, -0.1) is 5.11 Å². The zero-order valence-electron chi connectivity index (χ0n) is 16.6. The topological polar surface area (TPSA) is 120 Å². The summed E-state index contributed by atoms with van der Waals surface area (Å²) in [6, 6.07) is 11.2. The van der Waals surface area contributed by atoms with Gasteiger partial charge in [0.05, 0.1) is 22.2 Å². The molecule has 10 heteroatoms. The van der Waals surface area contributed by atoms with E-state index in [2.05, 4.69) is 15.5 Å². The van der Waals surface area contributed by atoms with Gasteiger partial charge in [-0.2, -0.15) is 5.11 Å². The third-order valence-corrected chi connectivity index (χ3v) is 4.56. The number of rotatable bonds is 11. The van der Waals surface area contributed by atoms with E-state index in [9.17, 15) is 14.9 Å². The Kier molecular flexibility index (Phi) is 9.17. The molecule has 2 rings (SSSR count). The molecule has 160 valence electrons. The molecule has 1 amide bonds. The number of nitrogens with zero attached hydrogens (tertiary/aromatic N) is 4. The largest absolute Gasteiger partial charge is 0.396 e. The van der Waals surface area contributed by atoms with Crippen molar-refractivity contribution >= 4 is 40.3 Å². The molecule has 2 aromatic rings. The fourth-order valence-electron chi connectivity index (χ4n) is 2.61. The number of hydrogen-bond acceptors (Lipinski definition) is 7. The standard InChI is InChI=1S/C20H24ClN5O4/c1-2-25(14-20(28)22-11-3-4-12-27)16-7-5-15(6-8-16)23-24-19-10-9-17(26(29)30)13-18(19)21/h5-10,13,27H,2-4,11-12,14H2,1H3,(H,22,28)/b24-23+. The van der Waals surface area contributed by atoms with Crippen molar-refractivity contribution in [3.63, 3.8) is 0 Å². The summed E-state index contributed by atoms with van der Waals surface area (Å²) in [5.41, 5.74) is 1.67. The van der Waals surface area contributed by atoms with E-state index >= 15 is 0 Å². The first-order valence-corrected chi connectivity index (χ1v) is 9.90. The molecule has 0 saturated heterocycles. The lowest BCUT2D eigenvalue weighted by molar-refractivity contribution is -0.384. The molecule has 0 radical (unpaired) electrons. The van der Waals surface area contributed by atoms with Gasteiger partial charge in [0.15, 0.2) is 0 Å². The molecule has 0 saturated carbocycles. The third-order valence-electron chi connectivity index (χ3n) is 4.25. The van der Waals surface area contributed by atoms with E-state index in [1.807, 2.05) is 24.0 Å². The number of anilines is 1. The third kappa shape index (κ3) is 7.09. The fourth-order valence-corrected chi connectivity index (χ4v) is 2.82. The number of amides is 1. The van der Waals surface area contributed by atoms with E-state index in [1.165, 1.54) is 18.2 Å². The van der Waals surface area contributed by atoms with E-state index in [0.717, 1.165) is 12.1 Å². The molecule has 0 aliphatic heterocycles. The second-order valence-corrected chi connectivity index (χ2v) is 6.81. The first kappa shape index (κ1) is 23.2. The normalized spacial score (nSPS) is 10.9. The molecule has 0 aliphatic carbocycles. The van der Waals surface area contributed by atoms with Crippen molar-refractivity contribution < 1.29 is 14.8 Å². The first-order chi connectivity index (χ1) is 14.4. The van der Waals surface area contributed by atoms with Gasteiger partial charge in [-0.1, -0.05) is 11.6 Å². The lowest BCUT2D eigenvalue weighted by atomic mass is 10.2. The van der Waals surface area contributed by atoms with Crippen molar-refractivity contribution in [2.75, 3.05) is 31.1 Å². The monoisotopic (exact) mass is 433 g/mol. The summed E-state index contributed by atoms with van der Waals surface area (Å²) < 4.78 is 0. The van der Waals surface area contributed by atoms with Crippen LogP contribution in [0.5, 0.6) is 0 Å². The molecular formula is C20H24ClN5O4. The van der Waals surface area contributed by atoms with Gasteiger partial charge in [-0.25, -0.2) is 0 Å². The van der Waals surface area contributed by atoms with Gasteiger partial charge in [0, 0.05) is 37.5 Å². The average Bonchev–Trinajstić information content (AvgIpc) is 2.74. The van der Waals surface area contributed by atoms with Crippen LogP contribution >= 0.6 is 11.6 Å². The number of benzene rings is 2. The van der Waals surface area contributed by atoms with Crippen molar-refractivity contribution in [3.05, 3.63) is 57.6 Å². The second-order valence-electron chi connectivity index (χ2n) is 6.40. The molecule has 0 atom stereocenters. The lowest BCUT2D eigenvalue weighted by Gasteiger charge is -2.22. The Morgan fingerprint density at radius 2 is 1.93 bits per heavy atom. The Morgan fingerprint density at radius 1 is 1.20 bits per heavy atom. The molecule has 0 heterocycles. The molecule has 2 N–H and O–H groups in total. The predicted octanol–water partition coefficient (Wildman–Crippen LogP) is 4.38. The summed E-state index contributed by atoms with van der Waals surface area (Å²) in [7, 11) is 0. The van der Waals surface area contributed by atoms with E-state index in [4.69, 9.17) is 16.7 Å². The summed E-state index contributed by atoms with van der Waals surface area (Å²) >= 11 is 6.01. The highest BCUT2D eigenvalue weighted by molar-refractivity contribution is 6.33. The van der Waals surface area contributed by atoms with Crippen molar-refractivity contribution in [1.29, 1.82) is 0 Å². The van der Waals surface area contributed by atoms with Crippen LogP contribution in [0.4, 0.5) is 22.7 Å². The minimum atomic E-state index is -0.527. The van der Waals surface area contributed by atoms with Gasteiger partial charge in [-0.05, 0) is 50.1 Å². The summed E-state index contributed by atoms with van der Waals surface area (Å²) in [6.45, 7) is 3.51. The fraction of sp³-hybridized carbons (Fsp3) is 0.350. The molecule has 0 fully saturated rings. The quantitative estimate of drug-likeness (QED) is 0.236. The highest BCUT2D eigenvalue weighted by Crippen LogP contribution is 2.30. The Labute approximate surface area is 179 Å². The number of carbonyl (C=O) groups excluding carboxylic acids is 1. The number of non-ortho nitro benzene ring substituents is 1. The minimum absolute atomic E-state index is 0.0774. The number of aliphatic hydroxyl groups is 1. The number of azo groups is 1. The van der Waals surface area contributed by atoms with Gasteiger partial charge >= 0.3 is 0 Å². The van der Waals surface area contributed by atoms with Crippen LogP contribution in [-0.4, -0.2) is 42.2 Å². The summed E-state index contributed by atoms with van der Waals surface area (Å²) in [6.07, 6.45) is 1.41. The smallest absolute Gasteiger partial charge is 0.271 e. The molecule has 0 aromatic heterocycles. The number of halogens is 1. The van der Waals surface area contributed by atoms with E-state index < -0.39 is 4.92 Å². The van der Waals surface area contributed by atoms with Crippen molar-refractivity contribution in [2.45, 2.75) is 19.8 Å². The van der Waals surface area contributed by atoms with Crippen LogP contribution in [0, 0.1) is 10.1 Å². The van der Waals surface area contributed by atoms with Gasteiger partial charge in [0.2, 0.25) is 5.91 Å². The number of nitrogens with one attached hydrogen (secondary N) is 1. The van der Waals surface area contributed by atoms with E-state index in [1.54, 1.807) is 12.1 Å². The number of nitro benzene ring substituents is 1. The van der Waals surface area contributed by atoms with Gasteiger partial charge in [0.1, 0.15) is 5.69 Å². The number of hydrogen-bond donors (Lipinski definition) is 2. The van der Waals surface area contributed by atoms with Crippen molar-refractivity contribution in [2.24, 2.45) is 10.2 Å². The van der Waals surface area contributed by atoms with E-state index in [-0.39, 0.29) is 29.8 Å². The van der Waals surface area contributed by atoms with Gasteiger partial charge in [-0.3, -0.25) is 14.9 Å². The zero-order chi connectivity index (χ0) is 21.9. The van der Waals surface area contributed by atoms with Gasteiger partial charge < -0.3 is 15.3 Å². The first-order valence-electron chi connectivity index (χ1n) is 9.52. The molecule has 0 spiro atoms. The average molecular weight is 434 g/mol. The molecule has 0 unspecified atom stereocenters. The number of carbonyl (C=O) groups is 1. The molecule has 0 aliphatic rings. The zero-order valence-corrected chi connectivity index (χ0v) is 17.4. The molecule has 9 nitrogen and oxygen atoms in total. The SMILES string of the molecule is CCN(CC(=O)NCCCCO)c1ccc(/N=N/c2ccc([N+](=O)[O-])cc2Cl)cc1. The van der Waals surface area contributed by atoms with Crippen LogP contribution in [0.3, 0.4) is 0 Å². The maximum Gasteiger partial charge on any atom is 0.271 e. The highest BCUT2D eigenvalue weighted by Gasteiger charge is 2.11. The molecular weight excluding hydrogens is 410 g/mol. The predicted molar refractivity (Wildman–Crippen MR) is 116 cm³/mol. The summed E-state index contributed by atoms with van der Waals surface area (Å²) in [5.74, 6) is -0.0774. The van der Waals surface area contributed by atoms with Gasteiger partial charge in [0.25, 0.3) is 5.69 Å². The summed E-state index contributed by atoms with van der Waals surface area (Å²) in [5, 5.41) is 30.7. The highest BCUT2D eigenvalue weighted by atomic mass is 35.5. The number of aliphatic hydroxyl groups excluding tert-OH is 1.